The fraction of sp³-hybridized carbons (Fsp3) is 0.333. The van der Waals surface area contributed by atoms with Gasteiger partial charge < -0.3 is 10.5 Å². The van der Waals surface area contributed by atoms with Gasteiger partial charge in [-0.3, -0.25) is 18.8 Å². The van der Waals surface area contributed by atoms with Gasteiger partial charge in [0.1, 0.15) is 17.2 Å². The number of piperidine rings is 1. The van der Waals surface area contributed by atoms with Gasteiger partial charge >= 0.3 is 11.9 Å². The van der Waals surface area contributed by atoms with Crippen molar-refractivity contribution >= 4 is 0 Å². The molecule has 2 aliphatic rings. The summed E-state index contributed by atoms with van der Waals surface area (Å²) in [6.07, 6.45) is -4.18. The summed E-state index contributed by atoms with van der Waals surface area (Å²) < 4.78 is 78.7. The number of likely N-dealkylation sites (tertiary alicyclic amines) is 1. The van der Waals surface area contributed by atoms with Crippen LogP contribution >= 0.6 is 0 Å². The lowest BCUT2D eigenvalue weighted by Gasteiger charge is -2.39. The molecular weight excluding hydrogens is 595 g/mol. The number of benzene rings is 3. The van der Waals surface area contributed by atoms with Gasteiger partial charge in [0.25, 0.3) is 5.56 Å². The van der Waals surface area contributed by atoms with Crippen molar-refractivity contribution in [3.8, 4) is 0 Å². The average molecular weight is 627 g/mol. The quantitative estimate of drug-likeness (QED) is 0.290. The maximum Gasteiger partial charge on any atom is 0.416 e. The zero-order valence-electron chi connectivity index (χ0n) is 24.2. The molecule has 0 amide bonds. The maximum absolute atomic E-state index is 15.0. The standard InChI is InChI=1S/C33H31F5N4O3/c34-23-9-4-6-21(16-23)17-40-14-12-32(13-15-40)29-28(20-45-32)41(18-24-25(33(36,37)38)10-5-11-26(24)35)31(44)42(30(29)43)19-27(39)22-7-2-1-3-8-22/h1-11,16,27H,12-15,17-20,39H2. The predicted molar refractivity (Wildman–Crippen MR) is 156 cm³/mol. The topological polar surface area (TPSA) is 82.5 Å². The van der Waals surface area contributed by atoms with Crippen molar-refractivity contribution in [3.63, 3.8) is 0 Å². The molecule has 3 heterocycles. The lowest BCUT2D eigenvalue weighted by atomic mass is 9.85. The lowest BCUT2D eigenvalue weighted by molar-refractivity contribution is -0.138. The molecule has 1 atom stereocenters. The van der Waals surface area contributed by atoms with E-state index in [1.54, 1.807) is 36.4 Å². The third-order valence-corrected chi connectivity index (χ3v) is 8.78. The van der Waals surface area contributed by atoms with Gasteiger partial charge in [-0.2, -0.15) is 13.2 Å². The molecule has 0 bridgehead atoms. The Balaban J connectivity index is 1.42. The van der Waals surface area contributed by atoms with Gasteiger partial charge in [-0.1, -0.05) is 48.5 Å². The van der Waals surface area contributed by atoms with Crippen LogP contribution < -0.4 is 17.0 Å². The van der Waals surface area contributed by atoms with Crippen LogP contribution in [-0.2, 0) is 42.8 Å². The summed E-state index contributed by atoms with van der Waals surface area (Å²) in [5.74, 6) is -1.46. The zero-order valence-corrected chi connectivity index (χ0v) is 24.2. The number of alkyl halides is 3. The molecular formula is C33H31F5N4O3. The highest BCUT2D eigenvalue weighted by atomic mass is 19.4. The van der Waals surface area contributed by atoms with E-state index in [4.69, 9.17) is 10.5 Å². The number of halogens is 5. The van der Waals surface area contributed by atoms with Gasteiger partial charge in [0.05, 0.1) is 36.5 Å². The van der Waals surface area contributed by atoms with Gasteiger partial charge in [-0.15, -0.1) is 0 Å². The van der Waals surface area contributed by atoms with Crippen LogP contribution in [0.3, 0.4) is 0 Å². The molecule has 0 saturated carbocycles. The SMILES string of the molecule is NC(Cn1c(=O)c2c(n(Cc3c(F)cccc3C(F)(F)F)c1=O)COC21CCN(Cc2cccc(F)c2)CC1)c1ccccc1. The normalized spacial score (nSPS) is 17.0. The highest BCUT2D eigenvalue weighted by Crippen LogP contribution is 2.43. The Hall–Kier alpha value is -4.13. The minimum absolute atomic E-state index is 0.129. The molecule has 45 heavy (non-hydrogen) atoms. The molecule has 1 aromatic heterocycles. The van der Waals surface area contributed by atoms with E-state index in [2.05, 4.69) is 4.90 Å². The molecule has 7 nitrogen and oxygen atoms in total. The van der Waals surface area contributed by atoms with Gasteiger partial charge in [0, 0.05) is 31.2 Å². The summed E-state index contributed by atoms with van der Waals surface area (Å²) in [7, 11) is 0. The predicted octanol–water partition coefficient (Wildman–Crippen LogP) is 5.08. The van der Waals surface area contributed by atoms with Crippen LogP contribution in [-0.4, -0.2) is 27.1 Å². The minimum Gasteiger partial charge on any atom is -0.364 e. The molecule has 6 rings (SSSR count). The summed E-state index contributed by atoms with van der Waals surface area (Å²) in [6.45, 7) is 0.219. The molecule has 0 radical (unpaired) electrons. The fourth-order valence-electron chi connectivity index (χ4n) is 6.46. The molecule has 1 saturated heterocycles. The summed E-state index contributed by atoms with van der Waals surface area (Å²) in [5.41, 5.74) is 3.61. The molecule has 1 spiro atoms. The number of hydrogen-bond donors (Lipinski definition) is 1. The third kappa shape index (κ3) is 5.97. The fourth-order valence-corrected chi connectivity index (χ4v) is 6.46. The van der Waals surface area contributed by atoms with E-state index >= 15 is 0 Å². The smallest absolute Gasteiger partial charge is 0.364 e. The third-order valence-electron chi connectivity index (χ3n) is 8.78. The van der Waals surface area contributed by atoms with Crippen LogP contribution in [0, 0.1) is 11.6 Å². The Labute approximate surface area is 255 Å². The van der Waals surface area contributed by atoms with Crippen molar-refractivity contribution < 1.29 is 26.7 Å². The van der Waals surface area contributed by atoms with Crippen LogP contribution in [0.5, 0.6) is 0 Å². The van der Waals surface area contributed by atoms with E-state index in [0.29, 0.717) is 38.0 Å². The molecule has 2 N–H and O–H groups in total. The molecule has 4 aromatic rings. The van der Waals surface area contributed by atoms with Crippen molar-refractivity contribution in [2.45, 2.75) is 56.9 Å². The number of nitrogens with two attached hydrogens (primary N) is 1. The van der Waals surface area contributed by atoms with Gasteiger partial charge in [-0.25, -0.2) is 13.6 Å². The Morgan fingerprint density at radius 1 is 0.889 bits per heavy atom. The van der Waals surface area contributed by atoms with E-state index in [-0.39, 0.29) is 30.2 Å². The van der Waals surface area contributed by atoms with Crippen LogP contribution in [0.25, 0.3) is 0 Å². The number of rotatable bonds is 7. The van der Waals surface area contributed by atoms with E-state index in [0.717, 1.165) is 32.9 Å². The van der Waals surface area contributed by atoms with E-state index in [9.17, 15) is 31.5 Å². The highest BCUT2D eigenvalue weighted by molar-refractivity contribution is 5.35. The summed E-state index contributed by atoms with van der Waals surface area (Å²) in [6, 6.07) is 16.9. The second kappa shape index (κ2) is 12.0. The number of nitrogens with zero attached hydrogens (tertiary/aromatic N) is 3. The number of ether oxygens (including phenoxy) is 1. The van der Waals surface area contributed by atoms with Crippen LogP contribution in [0.1, 0.15) is 52.4 Å². The average Bonchev–Trinajstić information content (AvgIpc) is 3.37. The van der Waals surface area contributed by atoms with Crippen LogP contribution in [0.2, 0.25) is 0 Å². The van der Waals surface area contributed by atoms with Crippen LogP contribution in [0.4, 0.5) is 22.0 Å². The Kier molecular flexibility index (Phi) is 8.23. The zero-order chi connectivity index (χ0) is 31.9. The first-order valence-electron chi connectivity index (χ1n) is 14.6. The minimum atomic E-state index is -4.87. The first-order chi connectivity index (χ1) is 21.5. The monoisotopic (exact) mass is 626 g/mol. The summed E-state index contributed by atoms with van der Waals surface area (Å²) in [5, 5.41) is 0. The molecule has 12 heteroatoms. The van der Waals surface area contributed by atoms with Crippen molar-refractivity contribution in [2.75, 3.05) is 13.1 Å². The number of hydrogen-bond acceptors (Lipinski definition) is 5. The molecule has 3 aromatic carbocycles. The lowest BCUT2D eigenvalue weighted by Crippen LogP contribution is -2.49. The number of aromatic nitrogens is 2. The molecule has 0 aliphatic carbocycles. The van der Waals surface area contributed by atoms with Crippen molar-refractivity contribution in [2.24, 2.45) is 5.73 Å². The van der Waals surface area contributed by atoms with E-state index in [1.165, 1.54) is 12.1 Å². The largest absolute Gasteiger partial charge is 0.416 e. The highest BCUT2D eigenvalue weighted by Gasteiger charge is 2.47. The molecule has 2 aliphatic heterocycles. The summed E-state index contributed by atoms with van der Waals surface area (Å²) >= 11 is 0. The summed E-state index contributed by atoms with van der Waals surface area (Å²) in [4.78, 5) is 30.1. The first-order valence-corrected chi connectivity index (χ1v) is 14.6. The molecule has 236 valence electrons. The Morgan fingerprint density at radius 2 is 1.60 bits per heavy atom. The second-order valence-electron chi connectivity index (χ2n) is 11.6. The molecule has 1 unspecified atom stereocenters. The number of fused-ring (bicyclic) bond motifs is 2. The van der Waals surface area contributed by atoms with Gasteiger partial charge in [-0.05, 0) is 48.2 Å². The van der Waals surface area contributed by atoms with E-state index in [1.807, 2.05) is 6.07 Å². The first kappa shape index (κ1) is 30.9. The second-order valence-corrected chi connectivity index (χ2v) is 11.6. The van der Waals surface area contributed by atoms with Gasteiger partial charge in [0.15, 0.2) is 0 Å². The Morgan fingerprint density at radius 3 is 2.29 bits per heavy atom. The van der Waals surface area contributed by atoms with E-state index < -0.39 is 52.6 Å². The Bertz CT molecular complexity index is 1830. The maximum atomic E-state index is 15.0. The van der Waals surface area contributed by atoms with Crippen molar-refractivity contribution in [1.29, 1.82) is 0 Å². The van der Waals surface area contributed by atoms with Gasteiger partial charge in [0.2, 0.25) is 0 Å². The van der Waals surface area contributed by atoms with Crippen molar-refractivity contribution in [1.82, 2.24) is 14.0 Å². The molecule has 1 fully saturated rings. The van der Waals surface area contributed by atoms with Crippen LogP contribution in [0.15, 0.2) is 82.4 Å². The van der Waals surface area contributed by atoms with Crippen molar-refractivity contribution in [3.05, 3.63) is 139 Å².